The summed E-state index contributed by atoms with van der Waals surface area (Å²) in [5.41, 5.74) is 0. The maximum absolute atomic E-state index is 5.22. The summed E-state index contributed by atoms with van der Waals surface area (Å²) in [6, 6.07) is 0.244. The van der Waals surface area contributed by atoms with Crippen LogP contribution in [0.4, 0.5) is 0 Å². The van der Waals surface area contributed by atoms with Crippen LogP contribution in [0.3, 0.4) is 0 Å². The van der Waals surface area contributed by atoms with Crippen LogP contribution < -0.4 is 0 Å². The molecule has 0 saturated carbocycles. The second kappa shape index (κ2) is 5.35. The molecular weight excluding hydrogens is 128 g/mol. The molecule has 1 unspecified atom stereocenters. The molecule has 0 fully saturated rings. The van der Waals surface area contributed by atoms with Crippen LogP contribution in [-0.2, 0) is 9.47 Å². The predicted octanol–water partition coefficient (Wildman–Crippen LogP) is 1.23. The third-order valence-electron chi connectivity index (χ3n) is 0.832. The summed E-state index contributed by atoms with van der Waals surface area (Å²) in [4.78, 5) is 0. The largest absolute Gasteiger partial charge is 0.379 e. The van der Waals surface area contributed by atoms with Crippen LogP contribution in [0.2, 0.25) is 0 Å². The Hall–Kier alpha value is 0.210. The van der Waals surface area contributed by atoms with E-state index in [2.05, 4.69) is 0 Å². The van der Waals surface area contributed by atoms with Gasteiger partial charge in [-0.3, -0.25) is 0 Å². The fourth-order valence-corrected chi connectivity index (χ4v) is 0.368. The molecule has 0 aliphatic rings. The van der Waals surface area contributed by atoms with Gasteiger partial charge >= 0.3 is 0 Å². The molecule has 0 aliphatic carbocycles. The predicted molar refractivity (Wildman–Crippen MR) is 33.1 cm³/mol. The van der Waals surface area contributed by atoms with Crippen LogP contribution in [-0.4, -0.2) is 25.9 Å². The number of methoxy groups -OCH3 is 1. The summed E-state index contributed by atoms with van der Waals surface area (Å²) < 4.78 is 9.70. The van der Waals surface area contributed by atoms with Gasteiger partial charge in [0.05, 0.1) is 12.7 Å². The van der Waals surface area contributed by atoms with E-state index in [1.165, 1.54) is 0 Å². The zero-order valence-electron chi connectivity index (χ0n) is 5.19. The van der Waals surface area contributed by atoms with Crippen molar-refractivity contribution in [2.45, 2.75) is 13.0 Å². The number of rotatable bonds is 4. The van der Waals surface area contributed by atoms with Gasteiger partial charge in [-0.2, -0.15) is 0 Å². The van der Waals surface area contributed by atoms with Gasteiger partial charge in [0, 0.05) is 7.11 Å². The Balaban J connectivity index is 2.86. The molecule has 0 heterocycles. The van der Waals surface area contributed by atoms with E-state index in [1.807, 2.05) is 6.92 Å². The molecule has 0 N–H and O–H groups in total. The maximum Gasteiger partial charge on any atom is 0.120 e. The summed E-state index contributed by atoms with van der Waals surface area (Å²) in [6.45, 7) is 2.49. The second-order valence-corrected chi connectivity index (χ2v) is 1.74. The van der Waals surface area contributed by atoms with Crippen LogP contribution in [0.1, 0.15) is 6.92 Å². The molecule has 0 rings (SSSR count). The molecule has 0 amide bonds. The molecule has 0 saturated heterocycles. The molecule has 8 heavy (non-hydrogen) atoms. The molecule has 0 aromatic rings. The summed E-state index contributed by atoms with van der Waals surface area (Å²) in [6.07, 6.45) is 0.147. The molecule has 0 radical (unpaired) electrons. The number of hydrogen-bond donors (Lipinski definition) is 0. The number of ether oxygens (including phenoxy) is 2. The van der Waals surface area contributed by atoms with Crippen LogP contribution in [0.5, 0.6) is 0 Å². The lowest BCUT2D eigenvalue weighted by Crippen LogP contribution is -2.12. The number of hydrogen-bond acceptors (Lipinski definition) is 2. The molecule has 0 aliphatic heterocycles. The molecule has 2 nitrogen and oxygen atoms in total. The third-order valence-corrected chi connectivity index (χ3v) is 0.986. The second-order valence-electron chi connectivity index (χ2n) is 1.53. The quantitative estimate of drug-likeness (QED) is 0.545. The lowest BCUT2D eigenvalue weighted by Gasteiger charge is -2.06. The Morgan fingerprint density at radius 2 is 2.25 bits per heavy atom. The summed E-state index contributed by atoms with van der Waals surface area (Å²) >= 11 is 5.22. The molecule has 50 valence electrons. The topological polar surface area (TPSA) is 18.5 Å². The van der Waals surface area contributed by atoms with E-state index in [1.54, 1.807) is 7.11 Å². The van der Waals surface area contributed by atoms with Gasteiger partial charge in [0.15, 0.2) is 0 Å². The lowest BCUT2D eigenvalue weighted by atomic mass is 10.4. The fraction of sp³-hybridized carbons (Fsp3) is 1.00. The first-order valence-corrected chi connectivity index (χ1v) is 3.01. The van der Waals surface area contributed by atoms with E-state index < -0.39 is 0 Å². The average Bonchev–Trinajstić information content (AvgIpc) is 1.83. The highest BCUT2D eigenvalue weighted by Gasteiger charge is 1.95. The molecular formula is C5H11ClO2. The van der Waals surface area contributed by atoms with Crippen molar-refractivity contribution >= 4 is 11.6 Å². The minimum absolute atomic E-state index is 0.147. The minimum atomic E-state index is 0.147. The van der Waals surface area contributed by atoms with Gasteiger partial charge in [-0.1, -0.05) is 11.6 Å². The van der Waals surface area contributed by atoms with Gasteiger partial charge in [-0.25, -0.2) is 0 Å². The molecule has 0 spiro atoms. The van der Waals surface area contributed by atoms with Crippen molar-refractivity contribution in [2.24, 2.45) is 0 Å². The molecule has 0 aromatic carbocycles. The van der Waals surface area contributed by atoms with E-state index >= 15 is 0 Å². The van der Waals surface area contributed by atoms with E-state index in [0.29, 0.717) is 6.61 Å². The minimum Gasteiger partial charge on any atom is -0.379 e. The first kappa shape index (κ1) is 8.21. The normalized spacial score (nSPS) is 13.9. The summed E-state index contributed by atoms with van der Waals surface area (Å²) in [7, 11) is 1.64. The highest BCUT2D eigenvalue weighted by atomic mass is 35.5. The first-order chi connectivity index (χ1) is 3.81. The molecule has 1 atom stereocenters. The van der Waals surface area contributed by atoms with Crippen molar-refractivity contribution < 1.29 is 9.47 Å². The zero-order valence-corrected chi connectivity index (χ0v) is 5.94. The van der Waals surface area contributed by atoms with Crippen molar-refractivity contribution in [1.29, 1.82) is 0 Å². The van der Waals surface area contributed by atoms with Gasteiger partial charge in [0.2, 0.25) is 0 Å². The van der Waals surface area contributed by atoms with Crippen LogP contribution in [0.25, 0.3) is 0 Å². The molecule has 0 aromatic heterocycles. The van der Waals surface area contributed by atoms with Crippen LogP contribution in [0, 0.1) is 0 Å². The van der Waals surface area contributed by atoms with E-state index in [4.69, 9.17) is 21.1 Å². The van der Waals surface area contributed by atoms with Crippen molar-refractivity contribution in [3.8, 4) is 0 Å². The van der Waals surface area contributed by atoms with Gasteiger partial charge in [-0.15, -0.1) is 0 Å². The van der Waals surface area contributed by atoms with E-state index in [-0.39, 0.29) is 12.2 Å². The Bertz CT molecular complexity index is 49.7. The monoisotopic (exact) mass is 138 g/mol. The van der Waals surface area contributed by atoms with Crippen molar-refractivity contribution in [3.05, 3.63) is 0 Å². The van der Waals surface area contributed by atoms with E-state index in [0.717, 1.165) is 0 Å². The van der Waals surface area contributed by atoms with Crippen LogP contribution in [0.15, 0.2) is 0 Å². The molecule has 0 bridgehead atoms. The number of alkyl halides is 1. The van der Waals surface area contributed by atoms with Gasteiger partial charge < -0.3 is 9.47 Å². The Morgan fingerprint density at radius 3 is 2.62 bits per heavy atom. The Labute approximate surface area is 54.7 Å². The lowest BCUT2D eigenvalue weighted by molar-refractivity contribution is 0.0339. The summed E-state index contributed by atoms with van der Waals surface area (Å²) in [5.74, 6) is 0. The zero-order chi connectivity index (χ0) is 6.41. The maximum atomic E-state index is 5.22. The standard InChI is InChI=1S/C5H11ClO2/c1-5(7-2)3-8-4-6/h5H,3-4H2,1-2H3. The molecule has 3 heteroatoms. The highest BCUT2D eigenvalue weighted by molar-refractivity contribution is 6.17. The van der Waals surface area contributed by atoms with Gasteiger partial charge in [0.1, 0.15) is 6.07 Å². The SMILES string of the molecule is COC(C)COCCl. The average molecular weight is 139 g/mol. The van der Waals surface area contributed by atoms with Gasteiger partial charge in [0.25, 0.3) is 0 Å². The Kier molecular flexibility index (Phi) is 5.49. The van der Waals surface area contributed by atoms with Crippen molar-refractivity contribution in [1.82, 2.24) is 0 Å². The number of halogens is 1. The fourth-order valence-electron chi connectivity index (χ4n) is 0.279. The Morgan fingerprint density at radius 1 is 1.62 bits per heavy atom. The third kappa shape index (κ3) is 4.37. The highest BCUT2D eigenvalue weighted by Crippen LogP contribution is 1.88. The smallest absolute Gasteiger partial charge is 0.120 e. The van der Waals surface area contributed by atoms with Crippen LogP contribution >= 0.6 is 11.6 Å². The van der Waals surface area contributed by atoms with Crippen molar-refractivity contribution in [2.75, 3.05) is 19.8 Å². The van der Waals surface area contributed by atoms with Crippen molar-refractivity contribution in [3.63, 3.8) is 0 Å². The van der Waals surface area contributed by atoms with Gasteiger partial charge in [-0.05, 0) is 6.92 Å². The first-order valence-electron chi connectivity index (χ1n) is 2.47. The summed E-state index contributed by atoms with van der Waals surface area (Å²) in [5, 5.41) is 0. The van der Waals surface area contributed by atoms with E-state index in [9.17, 15) is 0 Å².